The van der Waals surface area contributed by atoms with Gasteiger partial charge in [0, 0.05) is 6.42 Å². The monoisotopic (exact) mass is 414 g/mol. The van der Waals surface area contributed by atoms with Crippen molar-refractivity contribution in [2.45, 2.75) is 20.3 Å². The normalized spacial score (nSPS) is 10.8. The molecule has 1 heterocycles. The minimum atomic E-state index is -0.549. The molecule has 0 amide bonds. The fourth-order valence-electron chi connectivity index (χ4n) is 3.48. The van der Waals surface area contributed by atoms with Gasteiger partial charge in [0.1, 0.15) is 16.7 Å². The quantitative estimate of drug-likeness (QED) is 0.331. The third-order valence-electron chi connectivity index (χ3n) is 5.32. The van der Waals surface area contributed by atoms with E-state index in [2.05, 4.69) is 0 Å². The number of hydrogen-bond donors (Lipinski definition) is 0. The molecule has 0 saturated carbocycles. The first-order valence-electron chi connectivity index (χ1n) is 9.94. The minimum absolute atomic E-state index is 0.163. The fourth-order valence-corrected chi connectivity index (χ4v) is 3.48. The Morgan fingerprint density at radius 3 is 2.42 bits per heavy atom. The average molecular weight is 414 g/mol. The first-order chi connectivity index (χ1) is 15.0. The van der Waals surface area contributed by atoms with E-state index >= 15 is 0 Å². The molecule has 4 rings (SSSR count). The number of carbonyl (C=O) groups is 1. The summed E-state index contributed by atoms with van der Waals surface area (Å²) in [5, 5.41) is 0.452. The van der Waals surface area contributed by atoms with Crippen LogP contribution in [0.4, 0.5) is 0 Å². The molecule has 0 saturated heterocycles. The summed E-state index contributed by atoms with van der Waals surface area (Å²) in [5.74, 6) is 0.0736. The van der Waals surface area contributed by atoms with E-state index in [1.165, 1.54) is 7.11 Å². The fraction of sp³-hybridized carbons (Fsp3) is 0.154. The van der Waals surface area contributed by atoms with Crippen LogP contribution in [0.5, 0.6) is 11.5 Å². The van der Waals surface area contributed by atoms with E-state index in [4.69, 9.17) is 13.9 Å². The lowest BCUT2D eigenvalue weighted by atomic mass is 10.0. The van der Waals surface area contributed by atoms with Gasteiger partial charge in [0.15, 0.2) is 5.75 Å². The van der Waals surface area contributed by atoms with Crippen molar-refractivity contribution in [2.24, 2.45) is 0 Å². The molecule has 5 heteroatoms. The van der Waals surface area contributed by atoms with Crippen LogP contribution in [0.3, 0.4) is 0 Å². The smallest absolute Gasteiger partial charge is 0.343 e. The molecule has 4 aromatic rings. The van der Waals surface area contributed by atoms with Crippen molar-refractivity contribution in [1.29, 1.82) is 0 Å². The molecule has 0 aliphatic heterocycles. The lowest BCUT2D eigenvalue weighted by molar-refractivity contribution is 0.0734. The number of fused-ring (bicyclic) bond motifs is 1. The largest absolute Gasteiger partial charge is 0.496 e. The third kappa shape index (κ3) is 4.08. The molecule has 1 aromatic heterocycles. The number of esters is 1. The number of carbonyl (C=O) groups excluding carboxylic acids is 1. The molecule has 0 aliphatic carbocycles. The van der Waals surface area contributed by atoms with Crippen molar-refractivity contribution in [2.75, 3.05) is 7.11 Å². The summed E-state index contributed by atoms with van der Waals surface area (Å²) in [5.41, 5.74) is 3.37. The molecule has 0 spiro atoms. The zero-order chi connectivity index (χ0) is 22.0. The van der Waals surface area contributed by atoms with Gasteiger partial charge in [-0.15, -0.1) is 0 Å². The molecule has 0 atom stereocenters. The van der Waals surface area contributed by atoms with Gasteiger partial charge in [-0.2, -0.15) is 0 Å². The molecule has 0 radical (unpaired) electrons. The van der Waals surface area contributed by atoms with E-state index in [0.29, 0.717) is 22.3 Å². The summed E-state index contributed by atoms with van der Waals surface area (Å²) in [6.07, 6.45) is 0.257. The first kappa shape index (κ1) is 20.4. The van der Waals surface area contributed by atoms with Gasteiger partial charge < -0.3 is 13.9 Å². The molecule has 0 unspecified atom stereocenters. The summed E-state index contributed by atoms with van der Waals surface area (Å²) < 4.78 is 16.9. The molecule has 0 fully saturated rings. The predicted octanol–water partition coefficient (Wildman–Crippen LogP) is 5.23. The van der Waals surface area contributed by atoms with Gasteiger partial charge in [-0.3, -0.25) is 0 Å². The van der Waals surface area contributed by atoms with Gasteiger partial charge in [-0.05, 0) is 54.8 Å². The van der Waals surface area contributed by atoms with E-state index in [9.17, 15) is 9.59 Å². The van der Waals surface area contributed by atoms with Crippen molar-refractivity contribution < 1.29 is 18.7 Å². The summed E-state index contributed by atoms with van der Waals surface area (Å²) in [6.45, 7) is 3.91. The topological polar surface area (TPSA) is 65.7 Å². The highest BCUT2D eigenvalue weighted by Crippen LogP contribution is 2.36. The van der Waals surface area contributed by atoms with E-state index < -0.39 is 11.6 Å². The van der Waals surface area contributed by atoms with Crippen LogP contribution in [0.25, 0.3) is 11.0 Å². The lowest BCUT2D eigenvalue weighted by Gasteiger charge is -2.14. The standard InChI is InChI=1S/C26H22O5/c1-16-12-13-19(14-17(16)2)25(27)31-24-20(15-18-8-5-4-6-9-18)26(28)30-22-11-7-10-21(29-3)23(22)24/h4-14H,15H2,1-3H3. The number of rotatable bonds is 5. The highest BCUT2D eigenvalue weighted by atomic mass is 16.5. The number of ether oxygens (including phenoxy) is 2. The molecule has 0 bridgehead atoms. The SMILES string of the molecule is COc1cccc2oc(=O)c(Cc3ccccc3)c(OC(=O)c3ccc(C)c(C)c3)c12. The zero-order valence-electron chi connectivity index (χ0n) is 17.6. The van der Waals surface area contributed by atoms with Crippen molar-refractivity contribution in [1.82, 2.24) is 0 Å². The second-order valence-electron chi connectivity index (χ2n) is 7.38. The van der Waals surface area contributed by atoms with Crippen LogP contribution in [0.15, 0.2) is 75.9 Å². The van der Waals surface area contributed by atoms with E-state index in [1.54, 1.807) is 30.3 Å². The van der Waals surface area contributed by atoms with Crippen LogP contribution < -0.4 is 15.1 Å². The molecule has 0 N–H and O–H groups in total. The highest BCUT2D eigenvalue weighted by molar-refractivity contribution is 5.97. The molecule has 156 valence electrons. The molecule has 0 aliphatic rings. The number of hydrogen-bond acceptors (Lipinski definition) is 5. The van der Waals surface area contributed by atoms with Crippen LogP contribution in [-0.4, -0.2) is 13.1 Å². The molecule has 31 heavy (non-hydrogen) atoms. The van der Waals surface area contributed by atoms with Crippen molar-refractivity contribution in [3.8, 4) is 11.5 Å². The summed E-state index contributed by atoms with van der Waals surface area (Å²) in [4.78, 5) is 25.9. The maximum Gasteiger partial charge on any atom is 0.343 e. The summed E-state index contributed by atoms with van der Waals surface area (Å²) in [6, 6.07) is 20.0. The summed E-state index contributed by atoms with van der Waals surface area (Å²) in [7, 11) is 1.52. The number of benzene rings is 3. The first-order valence-corrected chi connectivity index (χ1v) is 9.94. The molecule has 3 aromatic carbocycles. The third-order valence-corrected chi connectivity index (χ3v) is 5.32. The second-order valence-corrected chi connectivity index (χ2v) is 7.38. The van der Waals surface area contributed by atoms with Crippen LogP contribution in [0.2, 0.25) is 0 Å². The molecular formula is C26H22O5. The van der Waals surface area contributed by atoms with Gasteiger partial charge in [0.25, 0.3) is 0 Å². The highest BCUT2D eigenvalue weighted by Gasteiger charge is 2.23. The Bertz CT molecular complexity index is 1320. The van der Waals surface area contributed by atoms with Crippen molar-refractivity contribution >= 4 is 16.9 Å². The zero-order valence-corrected chi connectivity index (χ0v) is 17.6. The number of aryl methyl sites for hydroxylation is 2. The predicted molar refractivity (Wildman–Crippen MR) is 119 cm³/mol. The van der Waals surface area contributed by atoms with E-state index in [-0.39, 0.29) is 17.7 Å². The van der Waals surface area contributed by atoms with Crippen LogP contribution in [0, 0.1) is 13.8 Å². The van der Waals surface area contributed by atoms with Crippen LogP contribution in [0.1, 0.15) is 32.6 Å². The van der Waals surface area contributed by atoms with Gasteiger partial charge in [-0.25, -0.2) is 9.59 Å². The van der Waals surface area contributed by atoms with E-state index in [1.807, 2.05) is 50.2 Å². The minimum Gasteiger partial charge on any atom is -0.496 e. The lowest BCUT2D eigenvalue weighted by Crippen LogP contribution is -2.16. The second kappa shape index (κ2) is 8.48. The number of methoxy groups -OCH3 is 1. The Balaban J connectivity index is 1.89. The Labute approximate surface area is 179 Å². The van der Waals surface area contributed by atoms with Crippen molar-refractivity contribution in [3.63, 3.8) is 0 Å². The maximum atomic E-state index is 13.0. The Morgan fingerprint density at radius 2 is 1.71 bits per heavy atom. The summed E-state index contributed by atoms with van der Waals surface area (Å²) >= 11 is 0. The van der Waals surface area contributed by atoms with Crippen LogP contribution >= 0.6 is 0 Å². The molecular weight excluding hydrogens is 392 g/mol. The van der Waals surface area contributed by atoms with Gasteiger partial charge in [0.2, 0.25) is 0 Å². The Hall–Kier alpha value is -3.86. The van der Waals surface area contributed by atoms with Crippen molar-refractivity contribution in [3.05, 3.63) is 105 Å². The van der Waals surface area contributed by atoms with Gasteiger partial charge >= 0.3 is 11.6 Å². The Kier molecular flexibility index (Phi) is 5.58. The van der Waals surface area contributed by atoms with E-state index in [0.717, 1.165) is 16.7 Å². The maximum absolute atomic E-state index is 13.0. The van der Waals surface area contributed by atoms with Crippen LogP contribution in [-0.2, 0) is 6.42 Å². The van der Waals surface area contributed by atoms with Gasteiger partial charge in [-0.1, -0.05) is 42.5 Å². The molecule has 5 nitrogen and oxygen atoms in total. The Morgan fingerprint density at radius 1 is 0.935 bits per heavy atom. The average Bonchev–Trinajstić information content (AvgIpc) is 2.78. The van der Waals surface area contributed by atoms with Gasteiger partial charge in [0.05, 0.1) is 18.2 Å².